The third kappa shape index (κ3) is 3.32. The first-order chi connectivity index (χ1) is 9.83. The Hall–Kier alpha value is -1.10. The molecule has 0 spiro atoms. The third-order valence-corrected chi connectivity index (χ3v) is 5.10. The molecule has 0 amide bonds. The predicted molar refractivity (Wildman–Crippen MR) is 85.8 cm³/mol. The van der Waals surface area contributed by atoms with Gasteiger partial charge in [-0.25, -0.2) is 4.98 Å². The average molecular weight is 308 g/mol. The molecule has 0 aliphatic carbocycles. The van der Waals surface area contributed by atoms with E-state index < -0.39 is 0 Å². The van der Waals surface area contributed by atoms with Gasteiger partial charge < -0.3 is 4.90 Å². The number of thiophene rings is 1. The summed E-state index contributed by atoms with van der Waals surface area (Å²) in [5.74, 6) is 1.08. The fourth-order valence-electron chi connectivity index (χ4n) is 2.49. The molecule has 1 aliphatic rings. The molecule has 1 atom stereocenters. The minimum absolute atomic E-state index is 0.108. The number of hydrogen-bond donors (Lipinski definition) is 0. The van der Waals surface area contributed by atoms with Crippen LogP contribution in [0.1, 0.15) is 10.3 Å². The summed E-state index contributed by atoms with van der Waals surface area (Å²) in [4.78, 5) is 10.5. The molecule has 1 unspecified atom stereocenters. The summed E-state index contributed by atoms with van der Waals surface area (Å²) in [6, 6.07) is 10.3. The number of piperazine rings is 1. The van der Waals surface area contributed by atoms with Crippen LogP contribution in [0, 0.1) is 0 Å². The first-order valence-electron chi connectivity index (χ1n) is 6.89. The molecule has 3 nitrogen and oxygen atoms in total. The molecule has 5 heteroatoms. The quantitative estimate of drug-likeness (QED) is 0.808. The molecule has 1 fully saturated rings. The van der Waals surface area contributed by atoms with Crippen molar-refractivity contribution in [2.45, 2.75) is 5.38 Å². The highest BCUT2D eigenvalue weighted by Gasteiger charge is 2.20. The van der Waals surface area contributed by atoms with Crippen molar-refractivity contribution in [3.8, 4) is 0 Å². The van der Waals surface area contributed by atoms with E-state index in [0.717, 1.165) is 38.5 Å². The Balaban J connectivity index is 1.51. The topological polar surface area (TPSA) is 19.4 Å². The Labute approximate surface area is 128 Å². The van der Waals surface area contributed by atoms with Gasteiger partial charge in [0.05, 0.1) is 5.38 Å². The van der Waals surface area contributed by atoms with E-state index in [0.29, 0.717) is 0 Å². The average Bonchev–Trinajstić information content (AvgIpc) is 3.03. The molecule has 106 valence electrons. The third-order valence-electron chi connectivity index (χ3n) is 3.62. The van der Waals surface area contributed by atoms with E-state index in [1.807, 2.05) is 18.3 Å². The monoisotopic (exact) mass is 307 g/mol. The van der Waals surface area contributed by atoms with E-state index in [1.54, 1.807) is 11.3 Å². The van der Waals surface area contributed by atoms with Crippen molar-refractivity contribution in [3.63, 3.8) is 0 Å². The molecule has 0 bridgehead atoms. The van der Waals surface area contributed by atoms with E-state index in [9.17, 15) is 0 Å². The van der Waals surface area contributed by atoms with Crippen LogP contribution >= 0.6 is 22.9 Å². The number of aromatic nitrogens is 1. The number of alkyl halides is 1. The predicted octanol–water partition coefficient (Wildman–Crippen LogP) is 3.25. The van der Waals surface area contributed by atoms with Gasteiger partial charge in [0, 0.05) is 43.8 Å². The SMILES string of the molecule is ClC(CN1CCN(c2ccccn2)CC1)c1cccs1. The van der Waals surface area contributed by atoms with E-state index in [2.05, 4.69) is 38.4 Å². The van der Waals surface area contributed by atoms with Gasteiger partial charge in [0.25, 0.3) is 0 Å². The number of anilines is 1. The van der Waals surface area contributed by atoms with Crippen molar-refractivity contribution in [2.24, 2.45) is 0 Å². The Morgan fingerprint density at radius 3 is 2.65 bits per heavy atom. The largest absolute Gasteiger partial charge is 0.354 e. The standard InChI is InChI=1S/C15H18ClN3S/c16-13(14-4-3-11-20-14)12-18-7-9-19(10-8-18)15-5-1-2-6-17-15/h1-6,11,13H,7-10,12H2. The van der Waals surface area contributed by atoms with Gasteiger partial charge in [0.2, 0.25) is 0 Å². The van der Waals surface area contributed by atoms with Crippen LogP contribution in [0.15, 0.2) is 41.9 Å². The maximum absolute atomic E-state index is 6.48. The van der Waals surface area contributed by atoms with Gasteiger partial charge in [-0.3, -0.25) is 4.90 Å². The summed E-state index contributed by atoms with van der Waals surface area (Å²) in [5.41, 5.74) is 0. The summed E-state index contributed by atoms with van der Waals surface area (Å²) in [6.07, 6.45) is 1.85. The zero-order valence-corrected chi connectivity index (χ0v) is 12.9. The van der Waals surface area contributed by atoms with Gasteiger partial charge in [0.1, 0.15) is 5.82 Å². The second-order valence-electron chi connectivity index (χ2n) is 4.96. The molecule has 20 heavy (non-hydrogen) atoms. The summed E-state index contributed by atoms with van der Waals surface area (Å²) < 4.78 is 0. The highest BCUT2D eigenvalue weighted by atomic mass is 35.5. The number of halogens is 1. The van der Waals surface area contributed by atoms with Crippen molar-refractivity contribution in [3.05, 3.63) is 46.8 Å². The molecule has 0 N–H and O–H groups in total. The molecule has 0 saturated carbocycles. The molecule has 1 saturated heterocycles. The van der Waals surface area contributed by atoms with E-state index in [4.69, 9.17) is 11.6 Å². The van der Waals surface area contributed by atoms with E-state index in [-0.39, 0.29) is 5.38 Å². The second-order valence-corrected chi connectivity index (χ2v) is 6.46. The highest BCUT2D eigenvalue weighted by Crippen LogP contribution is 2.26. The van der Waals surface area contributed by atoms with Gasteiger partial charge in [0.15, 0.2) is 0 Å². The Bertz CT molecular complexity index is 509. The number of nitrogens with zero attached hydrogens (tertiary/aromatic N) is 3. The lowest BCUT2D eigenvalue weighted by molar-refractivity contribution is 0.258. The molecule has 2 aromatic heterocycles. The minimum atomic E-state index is 0.108. The van der Waals surface area contributed by atoms with Crippen LogP contribution in [0.2, 0.25) is 0 Å². The summed E-state index contributed by atoms with van der Waals surface area (Å²) >= 11 is 8.22. The smallest absolute Gasteiger partial charge is 0.128 e. The fraction of sp³-hybridized carbons (Fsp3) is 0.400. The number of hydrogen-bond acceptors (Lipinski definition) is 4. The van der Waals surface area contributed by atoms with Crippen LogP contribution in [0.5, 0.6) is 0 Å². The molecular formula is C15H18ClN3S. The van der Waals surface area contributed by atoms with Crippen LogP contribution in [0.4, 0.5) is 5.82 Å². The second kappa shape index (κ2) is 6.57. The minimum Gasteiger partial charge on any atom is -0.354 e. The molecule has 3 heterocycles. The Morgan fingerprint density at radius 1 is 1.15 bits per heavy atom. The van der Waals surface area contributed by atoms with Gasteiger partial charge in [-0.15, -0.1) is 22.9 Å². The van der Waals surface area contributed by atoms with Crippen molar-refractivity contribution in [2.75, 3.05) is 37.6 Å². The van der Waals surface area contributed by atoms with Gasteiger partial charge in [-0.1, -0.05) is 12.1 Å². The Morgan fingerprint density at radius 2 is 2.00 bits per heavy atom. The van der Waals surface area contributed by atoms with Gasteiger partial charge >= 0.3 is 0 Å². The van der Waals surface area contributed by atoms with Crippen molar-refractivity contribution >= 4 is 28.8 Å². The first kappa shape index (κ1) is 13.9. The summed E-state index contributed by atoms with van der Waals surface area (Å²) in [5, 5.41) is 2.19. The zero-order chi connectivity index (χ0) is 13.8. The van der Waals surface area contributed by atoms with Crippen LogP contribution < -0.4 is 4.90 Å². The summed E-state index contributed by atoms with van der Waals surface area (Å²) in [6.45, 7) is 5.06. The van der Waals surface area contributed by atoms with Crippen molar-refractivity contribution < 1.29 is 0 Å². The van der Waals surface area contributed by atoms with Crippen LogP contribution in [0.25, 0.3) is 0 Å². The lowest BCUT2D eigenvalue weighted by Crippen LogP contribution is -2.47. The summed E-state index contributed by atoms with van der Waals surface area (Å²) in [7, 11) is 0. The van der Waals surface area contributed by atoms with Crippen LogP contribution in [0.3, 0.4) is 0 Å². The van der Waals surface area contributed by atoms with Gasteiger partial charge in [-0.2, -0.15) is 0 Å². The molecule has 3 rings (SSSR count). The van der Waals surface area contributed by atoms with E-state index in [1.165, 1.54) is 4.88 Å². The highest BCUT2D eigenvalue weighted by molar-refractivity contribution is 7.10. The first-order valence-corrected chi connectivity index (χ1v) is 8.20. The van der Waals surface area contributed by atoms with Crippen molar-refractivity contribution in [1.29, 1.82) is 0 Å². The molecule has 0 radical (unpaired) electrons. The van der Waals surface area contributed by atoms with Crippen LogP contribution in [-0.4, -0.2) is 42.6 Å². The van der Waals surface area contributed by atoms with Crippen molar-refractivity contribution in [1.82, 2.24) is 9.88 Å². The lowest BCUT2D eigenvalue weighted by atomic mass is 10.2. The fourth-order valence-corrected chi connectivity index (χ4v) is 3.60. The normalized spacial score (nSPS) is 18.1. The molecule has 1 aliphatic heterocycles. The van der Waals surface area contributed by atoms with Crippen LogP contribution in [-0.2, 0) is 0 Å². The molecule has 0 aromatic carbocycles. The molecular weight excluding hydrogens is 290 g/mol. The maximum atomic E-state index is 6.48. The number of rotatable bonds is 4. The Kier molecular flexibility index (Phi) is 4.55. The van der Waals surface area contributed by atoms with Gasteiger partial charge in [-0.05, 0) is 23.6 Å². The van der Waals surface area contributed by atoms with E-state index >= 15 is 0 Å². The maximum Gasteiger partial charge on any atom is 0.128 e. The molecule has 2 aromatic rings. The zero-order valence-electron chi connectivity index (χ0n) is 11.3. The number of pyridine rings is 1. The lowest BCUT2D eigenvalue weighted by Gasteiger charge is -2.36.